The van der Waals surface area contributed by atoms with Gasteiger partial charge in [-0.15, -0.1) is 0 Å². The van der Waals surface area contributed by atoms with Gasteiger partial charge in [0.25, 0.3) is 0 Å². The Bertz CT molecular complexity index is 470. The first kappa shape index (κ1) is 14.9. The Hall–Kier alpha value is -1.51. The summed E-state index contributed by atoms with van der Waals surface area (Å²) < 4.78 is 0. The number of nitrogens with one attached hydrogen (secondary N) is 2. The molecule has 1 amide bonds. The summed E-state index contributed by atoms with van der Waals surface area (Å²) in [7, 11) is 0. The maximum Gasteiger partial charge on any atom is 0.239 e. The molecule has 1 aromatic carbocycles. The van der Waals surface area contributed by atoms with Gasteiger partial charge in [-0.1, -0.05) is 37.5 Å². The fourth-order valence-corrected chi connectivity index (χ4v) is 2.98. The third-order valence-corrected chi connectivity index (χ3v) is 4.28. The molecular formula is C17H26N2O. The fraction of sp³-hybridized carbons (Fsp3) is 0.588. The van der Waals surface area contributed by atoms with E-state index in [1.807, 2.05) is 6.07 Å². The summed E-state index contributed by atoms with van der Waals surface area (Å²) in [4.78, 5) is 12.0. The molecule has 1 saturated carbocycles. The Morgan fingerprint density at radius 2 is 2.00 bits per heavy atom. The van der Waals surface area contributed by atoms with Gasteiger partial charge in [-0.3, -0.25) is 4.79 Å². The highest BCUT2D eigenvalue weighted by atomic mass is 16.1. The SMILES string of the molecule is Cc1ccc(NCC(=O)N[C@H]2CCCC[C@H]2C)c(C)c1. The summed E-state index contributed by atoms with van der Waals surface area (Å²) in [6.07, 6.45) is 4.89. The van der Waals surface area contributed by atoms with E-state index in [4.69, 9.17) is 0 Å². The number of carbonyl (C=O) groups is 1. The van der Waals surface area contributed by atoms with Gasteiger partial charge in [-0.05, 0) is 44.2 Å². The Morgan fingerprint density at radius 3 is 2.70 bits per heavy atom. The van der Waals surface area contributed by atoms with E-state index in [0.29, 0.717) is 18.5 Å². The number of amides is 1. The number of rotatable bonds is 4. The van der Waals surface area contributed by atoms with Crippen molar-refractivity contribution in [3.05, 3.63) is 29.3 Å². The highest BCUT2D eigenvalue weighted by Crippen LogP contribution is 2.23. The summed E-state index contributed by atoms with van der Waals surface area (Å²) in [6.45, 7) is 6.74. The standard InChI is InChI=1S/C17H26N2O/c1-12-8-9-15(14(3)10-12)18-11-17(20)19-16-7-5-4-6-13(16)2/h8-10,13,16,18H,4-7,11H2,1-3H3,(H,19,20)/t13-,16+/m1/s1. The highest BCUT2D eigenvalue weighted by Gasteiger charge is 2.22. The van der Waals surface area contributed by atoms with Crippen LogP contribution in [0.5, 0.6) is 0 Å². The lowest BCUT2D eigenvalue weighted by molar-refractivity contribution is -0.120. The van der Waals surface area contributed by atoms with Crippen molar-refractivity contribution in [2.24, 2.45) is 5.92 Å². The van der Waals surface area contributed by atoms with Gasteiger partial charge in [0.2, 0.25) is 5.91 Å². The molecule has 0 aromatic heterocycles. The number of benzene rings is 1. The lowest BCUT2D eigenvalue weighted by Crippen LogP contribution is -2.43. The summed E-state index contributed by atoms with van der Waals surface area (Å²) in [5, 5.41) is 6.40. The van der Waals surface area contributed by atoms with Gasteiger partial charge in [0, 0.05) is 11.7 Å². The van der Waals surface area contributed by atoms with Gasteiger partial charge in [0.15, 0.2) is 0 Å². The van der Waals surface area contributed by atoms with Crippen LogP contribution in [0.25, 0.3) is 0 Å². The van der Waals surface area contributed by atoms with E-state index >= 15 is 0 Å². The van der Waals surface area contributed by atoms with Crippen molar-refractivity contribution in [2.75, 3.05) is 11.9 Å². The Morgan fingerprint density at radius 1 is 1.25 bits per heavy atom. The van der Waals surface area contributed by atoms with E-state index in [1.54, 1.807) is 0 Å². The van der Waals surface area contributed by atoms with E-state index in [0.717, 1.165) is 12.1 Å². The predicted octanol–water partition coefficient (Wildman–Crippen LogP) is 3.41. The van der Waals surface area contributed by atoms with Crippen molar-refractivity contribution in [1.29, 1.82) is 0 Å². The van der Waals surface area contributed by atoms with Crippen LogP contribution in [0.1, 0.15) is 43.7 Å². The van der Waals surface area contributed by atoms with Gasteiger partial charge in [-0.25, -0.2) is 0 Å². The maximum atomic E-state index is 12.0. The number of hydrogen-bond acceptors (Lipinski definition) is 2. The third kappa shape index (κ3) is 3.99. The number of aryl methyl sites for hydroxylation is 2. The molecule has 1 aliphatic rings. The quantitative estimate of drug-likeness (QED) is 0.883. The van der Waals surface area contributed by atoms with Crippen molar-refractivity contribution >= 4 is 11.6 Å². The normalized spacial score (nSPS) is 22.4. The monoisotopic (exact) mass is 274 g/mol. The largest absolute Gasteiger partial charge is 0.376 e. The number of anilines is 1. The van der Waals surface area contributed by atoms with Crippen LogP contribution >= 0.6 is 0 Å². The molecule has 0 aliphatic heterocycles. The van der Waals surface area contributed by atoms with Crippen LogP contribution in [-0.4, -0.2) is 18.5 Å². The second-order valence-electron chi connectivity index (χ2n) is 6.11. The molecule has 2 atom stereocenters. The van der Waals surface area contributed by atoms with E-state index in [9.17, 15) is 4.79 Å². The molecule has 20 heavy (non-hydrogen) atoms. The van der Waals surface area contributed by atoms with Crippen molar-refractivity contribution in [3.8, 4) is 0 Å². The molecule has 1 aromatic rings. The third-order valence-electron chi connectivity index (χ3n) is 4.28. The lowest BCUT2D eigenvalue weighted by atomic mass is 9.86. The van der Waals surface area contributed by atoms with Crippen molar-refractivity contribution in [3.63, 3.8) is 0 Å². The second kappa shape index (κ2) is 6.78. The van der Waals surface area contributed by atoms with Gasteiger partial charge >= 0.3 is 0 Å². The lowest BCUT2D eigenvalue weighted by Gasteiger charge is -2.29. The Kier molecular flexibility index (Phi) is 5.05. The van der Waals surface area contributed by atoms with Crippen LogP contribution in [0, 0.1) is 19.8 Å². The van der Waals surface area contributed by atoms with Crippen molar-refractivity contribution < 1.29 is 4.79 Å². The van der Waals surface area contributed by atoms with E-state index in [2.05, 4.69) is 43.5 Å². The average molecular weight is 274 g/mol. The van der Waals surface area contributed by atoms with Gasteiger partial charge < -0.3 is 10.6 Å². The van der Waals surface area contributed by atoms with Gasteiger partial charge in [0.05, 0.1) is 6.54 Å². The van der Waals surface area contributed by atoms with Crippen LogP contribution in [0.2, 0.25) is 0 Å². The first-order chi connectivity index (χ1) is 9.56. The molecule has 3 nitrogen and oxygen atoms in total. The van der Waals surface area contributed by atoms with Crippen molar-refractivity contribution in [2.45, 2.75) is 52.5 Å². The zero-order chi connectivity index (χ0) is 14.5. The molecule has 0 bridgehead atoms. The smallest absolute Gasteiger partial charge is 0.239 e. The van der Waals surface area contributed by atoms with E-state index < -0.39 is 0 Å². The Balaban J connectivity index is 1.82. The summed E-state index contributed by atoms with van der Waals surface area (Å²) in [5.74, 6) is 0.706. The predicted molar refractivity (Wildman–Crippen MR) is 84.0 cm³/mol. The van der Waals surface area contributed by atoms with Gasteiger partial charge in [-0.2, -0.15) is 0 Å². The zero-order valence-electron chi connectivity index (χ0n) is 12.8. The molecule has 110 valence electrons. The minimum absolute atomic E-state index is 0.101. The summed E-state index contributed by atoms with van der Waals surface area (Å²) in [6, 6.07) is 6.60. The molecule has 0 spiro atoms. The first-order valence-corrected chi connectivity index (χ1v) is 7.67. The molecule has 3 heteroatoms. The molecular weight excluding hydrogens is 248 g/mol. The molecule has 0 unspecified atom stereocenters. The zero-order valence-corrected chi connectivity index (χ0v) is 12.8. The van der Waals surface area contributed by atoms with Crippen molar-refractivity contribution in [1.82, 2.24) is 5.32 Å². The fourth-order valence-electron chi connectivity index (χ4n) is 2.98. The molecule has 1 fully saturated rings. The topological polar surface area (TPSA) is 41.1 Å². The first-order valence-electron chi connectivity index (χ1n) is 7.67. The number of hydrogen-bond donors (Lipinski definition) is 2. The summed E-state index contributed by atoms with van der Waals surface area (Å²) >= 11 is 0. The minimum Gasteiger partial charge on any atom is -0.376 e. The Labute approximate surface area is 122 Å². The molecule has 0 radical (unpaired) electrons. The molecule has 2 N–H and O–H groups in total. The van der Waals surface area contributed by atoms with Crippen LogP contribution in [0.4, 0.5) is 5.69 Å². The molecule has 0 heterocycles. The van der Waals surface area contributed by atoms with E-state index in [-0.39, 0.29) is 5.91 Å². The minimum atomic E-state index is 0.101. The highest BCUT2D eigenvalue weighted by molar-refractivity contribution is 5.81. The van der Waals surface area contributed by atoms with Crippen LogP contribution in [-0.2, 0) is 4.79 Å². The second-order valence-corrected chi connectivity index (χ2v) is 6.11. The maximum absolute atomic E-state index is 12.0. The molecule has 1 aliphatic carbocycles. The van der Waals surface area contributed by atoms with Crippen LogP contribution in [0.3, 0.4) is 0 Å². The van der Waals surface area contributed by atoms with Crippen LogP contribution < -0.4 is 10.6 Å². The van der Waals surface area contributed by atoms with Gasteiger partial charge in [0.1, 0.15) is 0 Å². The summed E-state index contributed by atoms with van der Waals surface area (Å²) in [5.41, 5.74) is 3.47. The molecule has 0 saturated heterocycles. The molecule has 2 rings (SSSR count). The van der Waals surface area contributed by atoms with Crippen LogP contribution in [0.15, 0.2) is 18.2 Å². The average Bonchev–Trinajstić information content (AvgIpc) is 2.40. The van der Waals surface area contributed by atoms with E-state index in [1.165, 1.54) is 30.4 Å². The number of carbonyl (C=O) groups excluding carboxylic acids is 1.